The van der Waals surface area contributed by atoms with E-state index in [9.17, 15) is 14.4 Å². The van der Waals surface area contributed by atoms with E-state index in [1.54, 1.807) is 48.5 Å². The van der Waals surface area contributed by atoms with Gasteiger partial charge in [-0.25, -0.2) is 9.59 Å². The van der Waals surface area contributed by atoms with Crippen molar-refractivity contribution in [2.24, 2.45) is 0 Å². The maximum atomic E-state index is 12.5. The minimum absolute atomic E-state index is 0.0272. The Morgan fingerprint density at radius 3 is 2.10 bits per heavy atom. The first-order valence-corrected chi connectivity index (χ1v) is 9.17. The zero-order chi connectivity index (χ0) is 21.4. The van der Waals surface area contributed by atoms with Crippen LogP contribution in [0.2, 0.25) is 0 Å². The van der Waals surface area contributed by atoms with Crippen molar-refractivity contribution in [3.63, 3.8) is 0 Å². The molecular formula is C21H25N3O5. The fourth-order valence-corrected chi connectivity index (χ4v) is 2.50. The molecule has 0 bridgehead atoms. The van der Waals surface area contributed by atoms with Crippen LogP contribution in [0.4, 0.5) is 10.5 Å². The number of hydrogen-bond donors (Lipinski definition) is 4. The maximum absolute atomic E-state index is 12.5. The third-order valence-corrected chi connectivity index (χ3v) is 3.91. The molecule has 8 heteroatoms. The molecule has 0 aliphatic rings. The Balaban J connectivity index is 1.91. The summed E-state index contributed by atoms with van der Waals surface area (Å²) < 4.78 is 5.09. The van der Waals surface area contributed by atoms with Crippen molar-refractivity contribution in [1.29, 1.82) is 0 Å². The Bertz CT molecular complexity index is 848. The third-order valence-electron chi connectivity index (χ3n) is 3.91. The zero-order valence-electron chi connectivity index (χ0n) is 16.6. The van der Waals surface area contributed by atoms with Crippen LogP contribution >= 0.6 is 0 Å². The summed E-state index contributed by atoms with van der Waals surface area (Å²) in [5.74, 6) is -0.849. The van der Waals surface area contributed by atoms with Gasteiger partial charge in [0.05, 0.1) is 6.04 Å². The molecule has 0 fully saturated rings. The number of ether oxygens (including phenoxy) is 1. The van der Waals surface area contributed by atoms with Crippen LogP contribution in [0.25, 0.3) is 0 Å². The molecule has 2 aromatic carbocycles. The second kappa shape index (κ2) is 10.1. The molecule has 3 amide bonds. The zero-order valence-corrected chi connectivity index (χ0v) is 16.6. The molecule has 4 N–H and O–H groups in total. The van der Waals surface area contributed by atoms with E-state index in [0.717, 1.165) is 5.56 Å². The van der Waals surface area contributed by atoms with E-state index in [4.69, 9.17) is 9.84 Å². The number of carboxylic acid groups (broad SMARTS) is 1. The number of amides is 3. The highest BCUT2D eigenvalue weighted by atomic mass is 16.5. The Kier molecular flexibility index (Phi) is 7.59. The van der Waals surface area contributed by atoms with E-state index in [1.165, 1.54) is 0 Å². The molecule has 2 rings (SSSR count). The van der Waals surface area contributed by atoms with Gasteiger partial charge >= 0.3 is 12.0 Å². The van der Waals surface area contributed by atoms with Crippen molar-refractivity contribution in [2.45, 2.75) is 32.9 Å². The lowest BCUT2D eigenvalue weighted by Crippen LogP contribution is -2.34. The average Bonchev–Trinajstić information content (AvgIpc) is 2.66. The summed E-state index contributed by atoms with van der Waals surface area (Å²) in [4.78, 5) is 34.7. The highest BCUT2D eigenvalue weighted by Gasteiger charge is 2.12. The van der Waals surface area contributed by atoms with Gasteiger partial charge in [-0.05, 0) is 62.7 Å². The highest BCUT2D eigenvalue weighted by Crippen LogP contribution is 2.18. The molecule has 2 aromatic rings. The Morgan fingerprint density at radius 2 is 1.55 bits per heavy atom. The van der Waals surface area contributed by atoms with Crippen LogP contribution in [0.3, 0.4) is 0 Å². The average molecular weight is 399 g/mol. The molecule has 0 aromatic heterocycles. The smallest absolute Gasteiger partial charge is 0.341 e. The van der Waals surface area contributed by atoms with Gasteiger partial charge in [-0.2, -0.15) is 0 Å². The number of aliphatic carboxylic acids is 1. The summed E-state index contributed by atoms with van der Waals surface area (Å²) >= 11 is 0. The number of carboxylic acids is 1. The van der Waals surface area contributed by atoms with E-state index in [2.05, 4.69) is 16.0 Å². The van der Waals surface area contributed by atoms with Gasteiger partial charge in [-0.3, -0.25) is 4.79 Å². The molecule has 1 unspecified atom stereocenters. The minimum Gasteiger partial charge on any atom is -0.482 e. The number of carbonyl (C=O) groups is 3. The van der Waals surface area contributed by atoms with Gasteiger partial charge in [0.25, 0.3) is 5.91 Å². The summed E-state index contributed by atoms with van der Waals surface area (Å²) in [6, 6.07) is 12.9. The number of urea groups is 1. The standard InChI is InChI=1S/C21H25N3O5/c1-13(2)22-21(28)24-17-8-4-16(5-9-17)20(27)23-14(3)15-6-10-18(11-7-15)29-12-19(25)26/h4-11,13-14H,12H2,1-3H3,(H,23,27)(H,25,26)(H2,22,24,28). The summed E-state index contributed by atoms with van der Waals surface area (Å²) in [5.41, 5.74) is 1.91. The lowest BCUT2D eigenvalue weighted by molar-refractivity contribution is -0.139. The Labute approximate surface area is 169 Å². The second-order valence-corrected chi connectivity index (χ2v) is 6.78. The quantitative estimate of drug-likeness (QED) is 0.544. The first-order valence-electron chi connectivity index (χ1n) is 9.17. The van der Waals surface area contributed by atoms with Crippen LogP contribution < -0.4 is 20.7 Å². The topological polar surface area (TPSA) is 117 Å². The van der Waals surface area contributed by atoms with E-state index >= 15 is 0 Å². The fourth-order valence-electron chi connectivity index (χ4n) is 2.50. The lowest BCUT2D eigenvalue weighted by atomic mass is 10.1. The summed E-state index contributed by atoms with van der Waals surface area (Å²) in [6.45, 7) is 5.17. The first-order chi connectivity index (χ1) is 13.7. The molecule has 0 aliphatic heterocycles. The predicted octanol–water partition coefficient (Wildman–Crippen LogP) is 3.17. The molecule has 0 aliphatic carbocycles. The number of hydrogen-bond acceptors (Lipinski definition) is 4. The maximum Gasteiger partial charge on any atom is 0.341 e. The molecule has 0 heterocycles. The molecule has 29 heavy (non-hydrogen) atoms. The molecular weight excluding hydrogens is 374 g/mol. The van der Waals surface area contributed by atoms with Gasteiger partial charge in [0.15, 0.2) is 6.61 Å². The van der Waals surface area contributed by atoms with E-state index in [0.29, 0.717) is 17.0 Å². The monoisotopic (exact) mass is 399 g/mol. The van der Waals surface area contributed by atoms with Crippen molar-refractivity contribution < 1.29 is 24.2 Å². The molecule has 8 nitrogen and oxygen atoms in total. The number of rotatable bonds is 8. The summed E-state index contributed by atoms with van der Waals surface area (Å²) in [7, 11) is 0. The van der Waals surface area contributed by atoms with Crippen molar-refractivity contribution in [2.75, 3.05) is 11.9 Å². The Morgan fingerprint density at radius 1 is 0.931 bits per heavy atom. The van der Waals surface area contributed by atoms with E-state index in [-0.39, 0.29) is 24.0 Å². The van der Waals surface area contributed by atoms with E-state index in [1.807, 2.05) is 20.8 Å². The molecule has 154 valence electrons. The van der Waals surface area contributed by atoms with Crippen LogP contribution in [0.5, 0.6) is 5.75 Å². The van der Waals surface area contributed by atoms with Gasteiger partial charge in [-0.1, -0.05) is 12.1 Å². The highest BCUT2D eigenvalue weighted by molar-refractivity contribution is 5.95. The van der Waals surface area contributed by atoms with Crippen LogP contribution in [0.15, 0.2) is 48.5 Å². The minimum atomic E-state index is -1.04. The lowest BCUT2D eigenvalue weighted by Gasteiger charge is -2.15. The van der Waals surface area contributed by atoms with Gasteiger partial charge in [0, 0.05) is 17.3 Å². The number of anilines is 1. The van der Waals surface area contributed by atoms with Crippen LogP contribution in [-0.4, -0.2) is 35.7 Å². The number of carbonyl (C=O) groups excluding carboxylic acids is 2. The first kappa shape index (κ1) is 21.7. The van der Waals surface area contributed by atoms with Crippen LogP contribution in [0.1, 0.15) is 42.7 Å². The Hall–Kier alpha value is -3.55. The van der Waals surface area contributed by atoms with Crippen molar-refractivity contribution in [3.8, 4) is 5.75 Å². The van der Waals surface area contributed by atoms with Gasteiger partial charge in [0.2, 0.25) is 0 Å². The third kappa shape index (κ3) is 7.17. The molecule has 0 saturated heterocycles. The van der Waals surface area contributed by atoms with E-state index < -0.39 is 12.6 Å². The van der Waals surface area contributed by atoms with Gasteiger partial charge in [-0.15, -0.1) is 0 Å². The van der Waals surface area contributed by atoms with Crippen LogP contribution in [0, 0.1) is 0 Å². The molecule has 0 radical (unpaired) electrons. The summed E-state index contributed by atoms with van der Waals surface area (Å²) in [5, 5.41) is 16.9. The van der Waals surface area contributed by atoms with Gasteiger partial charge < -0.3 is 25.8 Å². The second-order valence-electron chi connectivity index (χ2n) is 6.78. The predicted molar refractivity (Wildman–Crippen MR) is 109 cm³/mol. The van der Waals surface area contributed by atoms with Crippen molar-refractivity contribution >= 4 is 23.6 Å². The normalized spacial score (nSPS) is 11.4. The molecule has 1 atom stereocenters. The van der Waals surface area contributed by atoms with Crippen LogP contribution in [-0.2, 0) is 4.79 Å². The van der Waals surface area contributed by atoms with Crippen molar-refractivity contribution in [3.05, 3.63) is 59.7 Å². The van der Waals surface area contributed by atoms with Gasteiger partial charge in [0.1, 0.15) is 5.75 Å². The number of nitrogens with one attached hydrogen (secondary N) is 3. The molecule has 0 spiro atoms. The molecule has 0 saturated carbocycles. The van der Waals surface area contributed by atoms with Crippen molar-refractivity contribution in [1.82, 2.24) is 10.6 Å². The largest absolute Gasteiger partial charge is 0.482 e. The number of benzene rings is 2. The SMILES string of the molecule is CC(C)NC(=O)Nc1ccc(C(=O)NC(C)c2ccc(OCC(=O)O)cc2)cc1. The summed E-state index contributed by atoms with van der Waals surface area (Å²) in [6.07, 6.45) is 0. The fraction of sp³-hybridized carbons (Fsp3) is 0.286.